The zero-order chi connectivity index (χ0) is 11.3. The van der Waals surface area contributed by atoms with Crippen molar-refractivity contribution in [3.05, 3.63) is 0 Å². The van der Waals surface area contributed by atoms with Crippen LogP contribution in [-0.2, 0) is 0 Å². The Morgan fingerprint density at radius 1 is 1.27 bits per heavy atom. The van der Waals surface area contributed by atoms with E-state index in [1.807, 2.05) is 0 Å². The van der Waals surface area contributed by atoms with E-state index in [-0.39, 0.29) is 0 Å². The van der Waals surface area contributed by atoms with Crippen molar-refractivity contribution >= 4 is 0 Å². The minimum absolute atomic E-state index is 0.342. The molecule has 2 N–H and O–H groups in total. The van der Waals surface area contributed by atoms with Crippen LogP contribution in [0.2, 0.25) is 0 Å². The van der Waals surface area contributed by atoms with Crippen LogP contribution in [0.1, 0.15) is 47.0 Å². The molecule has 2 nitrogen and oxygen atoms in total. The van der Waals surface area contributed by atoms with Crippen LogP contribution in [0.15, 0.2) is 0 Å². The number of rotatable bonds is 5. The first-order valence-electron chi connectivity index (χ1n) is 6.49. The number of hydrogen-bond donors (Lipinski definition) is 2. The molecular formula is C13H28N2. The predicted molar refractivity (Wildman–Crippen MR) is 67.1 cm³/mol. The molecular weight excluding hydrogens is 184 g/mol. The molecule has 2 atom stereocenters. The van der Waals surface area contributed by atoms with E-state index in [1.165, 1.54) is 25.8 Å². The molecule has 0 spiro atoms. The van der Waals surface area contributed by atoms with Crippen LogP contribution in [0, 0.1) is 11.8 Å². The van der Waals surface area contributed by atoms with Crippen LogP contribution in [0.25, 0.3) is 0 Å². The van der Waals surface area contributed by atoms with Gasteiger partial charge in [0.05, 0.1) is 0 Å². The lowest BCUT2D eigenvalue weighted by Crippen LogP contribution is -2.53. The maximum Gasteiger partial charge on any atom is 0.0277 e. The normalized spacial score (nSPS) is 29.4. The summed E-state index contributed by atoms with van der Waals surface area (Å²) in [6.45, 7) is 12.7. The van der Waals surface area contributed by atoms with E-state index in [9.17, 15) is 0 Å². The first-order valence-corrected chi connectivity index (χ1v) is 6.49. The summed E-state index contributed by atoms with van der Waals surface area (Å²) in [5, 5.41) is 7.25. The fourth-order valence-electron chi connectivity index (χ4n) is 2.08. The molecule has 0 bridgehead atoms. The van der Waals surface area contributed by atoms with Crippen molar-refractivity contribution in [1.82, 2.24) is 10.6 Å². The second-order valence-electron chi connectivity index (χ2n) is 5.80. The van der Waals surface area contributed by atoms with E-state index in [4.69, 9.17) is 0 Å². The van der Waals surface area contributed by atoms with E-state index in [1.54, 1.807) is 0 Å². The summed E-state index contributed by atoms with van der Waals surface area (Å²) in [6, 6.07) is 0. The van der Waals surface area contributed by atoms with E-state index in [0.29, 0.717) is 5.54 Å². The molecule has 1 saturated heterocycles. The van der Waals surface area contributed by atoms with Crippen molar-refractivity contribution in [3.63, 3.8) is 0 Å². The number of piperidine rings is 1. The molecule has 0 saturated carbocycles. The third-order valence-electron chi connectivity index (χ3n) is 3.83. The number of nitrogens with one attached hydrogen (secondary N) is 2. The van der Waals surface area contributed by atoms with Crippen LogP contribution in [0.3, 0.4) is 0 Å². The Morgan fingerprint density at radius 3 is 2.53 bits per heavy atom. The van der Waals surface area contributed by atoms with Crippen molar-refractivity contribution < 1.29 is 0 Å². The van der Waals surface area contributed by atoms with E-state index < -0.39 is 0 Å². The second kappa shape index (κ2) is 5.86. The Bertz CT molecular complexity index is 171. The van der Waals surface area contributed by atoms with Gasteiger partial charge in [0.25, 0.3) is 0 Å². The first-order chi connectivity index (χ1) is 7.03. The lowest BCUT2D eigenvalue weighted by molar-refractivity contribution is 0.258. The monoisotopic (exact) mass is 212 g/mol. The van der Waals surface area contributed by atoms with Gasteiger partial charge in [0, 0.05) is 12.1 Å². The van der Waals surface area contributed by atoms with E-state index in [2.05, 4.69) is 38.3 Å². The molecule has 1 rings (SSSR count). The molecule has 15 heavy (non-hydrogen) atoms. The molecule has 0 aromatic rings. The van der Waals surface area contributed by atoms with Crippen LogP contribution in [0.5, 0.6) is 0 Å². The topological polar surface area (TPSA) is 24.1 Å². The third kappa shape index (κ3) is 4.52. The molecule has 0 amide bonds. The molecule has 2 heteroatoms. The van der Waals surface area contributed by atoms with Gasteiger partial charge in [0.15, 0.2) is 0 Å². The van der Waals surface area contributed by atoms with E-state index in [0.717, 1.165) is 24.9 Å². The maximum absolute atomic E-state index is 3.64. The largest absolute Gasteiger partial charge is 0.315 e. The molecule has 0 radical (unpaired) electrons. The molecule has 1 aliphatic rings. The van der Waals surface area contributed by atoms with Gasteiger partial charge in [-0.15, -0.1) is 0 Å². The fourth-order valence-corrected chi connectivity index (χ4v) is 2.08. The van der Waals surface area contributed by atoms with Gasteiger partial charge in [-0.1, -0.05) is 27.2 Å². The minimum atomic E-state index is 0.342. The summed E-state index contributed by atoms with van der Waals surface area (Å²) in [6.07, 6.45) is 4.04. The van der Waals surface area contributed by atoms with Gasteiger partial charge >= 0.3 is 0 Å². The molecule has 1 heterocycles. The average Bonchev–Trinajstić information content (AvgIpc) is 2.18. The lowest BCUT2D eigenvalue weighted by Gasteiger charge is -2.35. The fraction of sp³-hybridized carbons (Fsp3) is 1.00. The highest BCUT2D eigenvalue weighted by atomic mass is 15.0. The van der Waals surface area contributed by atoms with Crippen LogP contribution >= 0.6 is 0 Å². The summed E-state index contributed by atoms with van der Waals surface area (Å²) in [7, 11) is 0. The smallest absolute Gasteiger partial charge is 0.0277 e. The zero-order valence-corrected chi connectivity index (χ0v) is 10.9. The highest BCUT2D eigenvalue weighted by molar-refractivity contribution is 4.88. The SMILES string of the molecule is CC(C)C(C)CNCC1(C)CCCCN1. The highest BCUT2D eigenvalue weighted by Gasteiger charge is 2.25. The summed E-state index contributed by atoms with van der Waals surface area (Å²) >= 11 is 0. The molecule has 90 valence electrons. The Labute approximate surface area is 95.2 Å². The Hall–Kier alpha value is -0.0800. The molecule has 1 aliphatic heterocycles. The highest BCUT2D eigenvalue weighted by Crippen LogP contribution is 2.17. The average molecular weight is 212 g/mol. The lowest BCUT2D eigenvalue weighted by atomic mass is 9.90. The predicted octanol–water partition coefficient (Wildman–Crippen LogP) is 2.40. The molecule has 0 aromatic heterocycles. The Morgan fingerprint density at radius 2 is 2.00 bits per heavy atom. The Balaban J connectivity index is 2.18. The molecule has 0 aromatic carbocycles. The Kier molecular flexibility index (Phi) is 5.07. The van der Waals surface area contributed by atoms with E-state index >= 15 is 0 Å². The van der Waals surface area contributed by atoms with Gasteiger partial charge < -0.3 is 10.6 Å². The number of hydrogen-bond acceptors (Lipinski definition) is 2. The summed E-state index contributed by atoms with van der Waals surface area (Å²) in [5.41, 5.74) is 0.342. The van der Waals surface area contributed by atoms with Crippen molar-refractivity contribution in [2.45, 2.75) is 52.5 Å². The van der Waals surface area contributed by atoms with Crippen molar-refractivity contribution in [2.24, 2.45) is 11.8 Å². The summed E-state index contributed by atoms with van der Waals surface area (Å²) in [5.74, 6) is 1.56. The minimum Gasteiger partial charge on any atom is -0.315 e. The molecule has 1 fully saturated rings. The van der Waals surface area contributed by atoms with Gasteiger partial charge in [0.2, 0.25) is 0 Å². The third-order valence-corrected chi connectivity index (χ3v) is 3.83. The second-order valence-corrected chi connectivity index (χ2v) is 5.80. The maximum atomic E-state index is 3.64. The standard InChI is InChI=1S/C13H28N2/c1-11(2)12(3)9-14-10-13(4)7-5-6-8-15-13/h11-12,14-15H,5-10H2,1-4H3. The van der Waals surface area contributed by atoms with Crippen LogP contribution in [0.4, 0.5) is 0 Å². The van der Waals surface area contributed by atoms with Gasteiger partial charge in [-0.2, -0.15) is 0 Å². The quantitative estimate of drug-likeness (QED) is 0.731. The molecule has 0 aliphatic carbocycles. The summed E-state index contributed by atoms with van der Waals surface area (Å²) < 4.78 is 0. The first kappa shape index (κ1) is 13.0. The van der Waals surface area contributed by atoms with Crippen molar-refractivity contribution in [2.75, 3.05) is 19.6 Å². The zero-order valence-electron chi connectivity index (χ0n) is 10.9. The van der Waals surface area contributed by atoms with Crippen molar-refractivity contribution in [3.8, 4) is 0 Å². The molecule has 2 unspecified atom stereocenters. The van der Waals surface area contributed by atoms with Gasteiger partial charge in [-0.05, 0) is 44.7 Å². The van der Waals surface area contributed by atoms with Crippen LogP contribution < -0.4 is 10.6 Å². The summed E-state index contributed by atoms with van der Waals surface area (Å²) in [4.78, 5) is 0. The van der Waals surface area contributed by atoms with Crippen molar-refractivity contribution in [1.29, 1.82) is 0 Å². The van der Waals surface area contributed by atoms with Gasteiger partial charge in [-0.25, -0.2) is 0 Å². The van der Waals surface area contributed by atoms with Gasteiger partial charge in [0.1, 0.15) is 0 Å². The van der Waals surface area contributed by atoms with Crippen LogP contribution in [-0.4, -0.2) is 25.2 Å². The van der Waals surface area contributed by atoms with Gasteiger partial charge in [-0.3, -0.25) is 0 Å².